The van der Waals surface area contributed by atoms with Crippen molar-refractivity contribution in [2.75, 3.05) is 18.8 Å². The summed E-state index contributed by atoms with van der Waals surface area (Å²) >= 11 is 5.88. The van der Waals surface area contributed by atoms with Crippen LogP contribution in [0.3, 0.4) is 0 Å². The summed E-state index contributed by atoms with van der Waals surface area (Å²) in [7, 11) is -3.94. The molecule has 0 radical (unpaired) electrons. The minimum absolute atomic E-state index is 0.0127. The lowest BCUT2D eigenvalue weighted by Crippen LogP contribution is -2.34. The molecule has 5 nitrogen and oxygen atoms in total. The largest absolute Gasteiger partial charge is 0.487 e. The molecule has 0 saturated carbocycles. The fourth-order valence-corrected chi connectivity index (χ4v) is 3.75. The molecule has 1 aliphatic heterocycles. The number of halogens is 4. The fraction of sp³-hybridized carbons (Fsp3) is 0.583. The molecule has 2 heterocycles. The van der Waals surface area contributed by atoms with Gasteiger partial charge in [0, 0.05) is 25.0 Å². The van der Waals surface area contributed by atoms with Crippen LogP contribution in [0.2, 0.25) is 5.02 Å². The van der Waals surface area contributed by atoms with Gasteiger partial charge in [-0.3, -0.25) is 4.98 Å². The molecule has 0 unspecified atom stereocenters. The number of hydrogen-bond acceptors (Lipinski definition) is 4. The van der Waals surface area contributed by atoms with Crippen molar-refractivity contribution in [2.45, 2.75) is 25.1 Å². The Bertz CT molecular complexity index is 624. The maximum absolute atomic E-state index is 12.2. The van der Waals surface area contributed by atoms with E-state index in [-0.39, 0.29) is 13.1 Å². The number of pyridine rings is 1. The van der Waals surface area contributed by atoms with Crippen LogP contribution in [-0.4, -0.2) is 48.8 Å². The van der Waals surface area contributed by atoms with E-state index in [1.165, 1.54) is 12.4 Å². The van der Waals surface area contributed by atoms with Crippen LogP contribution in [0, 0.1) is 0 Å². The maximum atomic E-state index is 12.2. The third-order valence-corrected chi connectivity index (χ3v) is 5.30. The molecule has 1 aromatic heterocycles. The molecule has 22 heavy (non-hydrogen) atoms. The number of rotatable bonds is 5. The molecule has 1 aliphatic rings. The summed E-state index contributed by atoms with van der Waals surface area (Å²) in [4.78, 5) is 3.80. The molecule has 1 aromatic rings. The second-order valence-corrected chi connectivity index (χ2v) is 7.37. The molecule has 0 aliphatic carbocycles. The smallest absolute Gasteiger partial charge is 0.390 e. The Balaban J connectivity index is 1.93. The predicted octanol–water partition coefficient (Wildman–Crippen LogP) is 2.47. The lowest BCUT2D eigenvalue weighted by Gasteiger charge is -2.18. The van der Waals surface area contributed by atoms with Gasteiger partial charge in [0.25, 0.3) is 0 Å². The highest BCUT2D eigenvalue weighted by Crippen LogP contribution is 2.27. The van der Waals surface area contributed by atoms with Crippen LogP contribution < -0.4 is 4.74 Å². The minimum atomic E-state index is -4.49. The van der Waals surface area contributed by atoms with Crippen molar-refractivity contribution >= 4 is 21.6 Å². The SMILES string of the molecule is O=S(=O)(CCC(F)(F)F)N1CC[C@H](Oc2ccncc2Cl)C1. The summed E-state index contributed by atoms with van der Waals surface area (Å²) in [5.41, 5.74) is 0. The molecule has 0 amide bonds. The van der Waals surface area contributed by atoms with Gasteiger partial charge < -0.3 is 4.74 Å². The van der Waals surface area contributed by atoms with Crippen LogP contribution in [0.25, 0.3) is 0 Å². The molecule has 2 rings (SSSR count). The quantitative estimate of drug-likeness (QED) is 0.811. The Morgan fingerprint density at radius 1 is 1.45 bits per heavy atom. The summed E-state index contributed by atoms with van der Waals surface area (Å²) in [5.74, 6) is -0.574. The van der Waals surface area contributed by atoms with Crippen LogP contribution in [-0.2, 0) is 10.0 Å². The van der Waals surface area contributed by atoms with Gasteiger partial charge in [-0.2, -0.15) is 17.5 Å². The Labute approximate surface area is 131 Å². The zero-order valence-electron chi connectivity index (χ0n) is 11.4. The van der Waals surface area contributed by atoms with Crippen LogP contribution >= 0.6 is 11.6 Å². The number of aromatic nitrogens is 1. The summed E-state index contributed by atoms with van der Waals surface area (Å²) in [5, 5.41) is 0.292. The van der Waals surface area contributed by atoms with Crippen LogP contribution in [0.5, 0.6) is 5.75 Å². The highest BCUT2D eigenvalue weighted by atomic mass is 35.5. The van der Waals surface area contributed by atoms with Gasteiger partial charge in [0.1, 0.15) is 16.9 Å². The molecule has 0 N–H and O–H groups in total. The zero-order valence-corrected chi connectivity index (χ0v) is 13.0. The van der Waals surface area contributed by atoms with E-state index in [0.29, 0.717) is 17.2 Å². The van der Waals surface area contributed by atoms with E-state index in [9.17, 15) is 21.6 Å². The number of ether oxygens (including phenoxy) is 1. The van der Waals surface area contributed by atoms with E-state index < -0.39 is 34.5 Å². The van der Waals surface area contributed by atoms with Gasteiger partial charge in [0.15, 0.2) is 0 Å². The molecule has 0 spiro atoms. The summed E-state index contributed by atoms with van der Waals surface area (Å²) in [6.07, 6.45) is -3.02. The summed E-state index contributed by atoms with van der Waals surface area (Å²) in [6, 6.07) is 1.54. The van der Waals surface area contributed by atoms with Crippen LogP contribution in [0.1, 0.15) is 12.8 Å². The lowest BCUT2D eigenvalue weighted by atomic mass is 10.3. The van der Waals surface area contributed by atoms with Crippen LogP contribution in [0.15, 0.2) is 18.5 Å². The molecular weight excluding hydrogens is 345 g/mol. The van der Waals surface area contributed by atoms with Gasteiger partial charge in [0.2, 0.25) is 10.0 Å². The fourth-order valence-electron chi connectivity index (χ4n) is 2.06. The van der Waals surface area contributed by atoms with Gasteiger partial charge in [-0.15, -0.1) is 0 Å². The number of alkyl halides is 3. The number of sulfonamides is 1. The maximum Gasteiger partial charge on any atom is 0.390 e. The first-order chi connectivity index (χ1) is 10.2. The van der Waals surface area contributed by atoms with Gasteiger partial charge in [-0.05, 0) is 6.42 Å². The van der Waals surface area contributed by atoms with Crippen molar-refractivity contribution in [1.82, 2.24) is 9.29 Å². The van der Waals surface area contributed by atoms with E-state index in [2.05, 4.69) is 4.98 Å². The van der Waals surface area contributed by atoms with E-state index in [1.54, 1.807) is 6.07 Å². The average Bonchev–Trinajstić information content (AvgIpc) is 2.88. The van der Waals surface area contributed by atoms with Crippen molar-refractivity contribution in [3.63, 3.8) is 0 Å². The molecule has 10 heteroatoms. The summed E-state index contributed by atoms with van der Waals surface area (Å²) in [6.45, 7) is 0.145. The second kappa shape index (κ2) is 6.59. The van der Waals surface area contributed by atoms with Crippen molar-refractivity contribution in [1.29, 1.82) is 0 Å². The topological polar surface area (TPSA) is 59.5 Å². The first-order valence-corrected chi connectivity index (χ1v) is 8.47. The first kappa shape index (κ1) is 17.3. The molecular formula is C12H14ClF3N2O3S. The van der Waals surface area contributed by atoms with E-state index in [1.807, 2.05) is 0 Å². The molecule has 1 fully saturated rings. The minimum Gasteiger partial charge on any atom is -0.487 e. The summed E-state index contributed by atoms with van der Waals surface area (Å²) < 4.78 is 66.8. The highest BCUT2D eigenvalue weighted by molar-refractivity contribution is 7.89. The first-order valence-electron chi connectivity index (χ1n) is 6.48. The molecule has 1 saturated heterocycles. The van der Waals surface area contributed by atoms with E-state index >= 15 is 0 Å². The predicted molar refractivity (Wildman–Crippen MR) is 74.3 cm³/mol. The normalized spacial score (nSPS) is 20.3. The standard InChI is InChI=1S/C12H14ClF3N2O3S/c13-10-7-17-4-1-11(10)21-9-2-5-18(8-9)22(19,20)6-3-12(14,15)16/h1,4,7,9H,2-3,5-6,8H2/t9-/m0/s1. The number of nitrogens with zero attached hydrogens (tertiary/aromatic N) is 2. The Kier molecular flexibility index (Phi) is 5.18. The highest BCUT2D eigenvalue weighted by Gasteiger charge is 2.36. The van der Waals surface area contributed by atoms with Crippen LogP contribution in [0.4, 0.5) is 13.2 Å². The van der Waals surface area contributed by atoms with Gasteiger partial charge >= 0.3 is 6.18 Å². The number of hydrogen-bond donors (Lipinski definition) is 0. The van der Waals surface area contributed by atoms with Crippen molar-refractivity contribution < 1.29 is 26.3 Å². The van der Waals surface area contributed by atoms with Crippen molar-refractivity contribution in [3.8, 4) is 5.75 Å². The lowest BCUT2D eigenvalue weighted by molar-refractivity contribution is -0.130. The van der Waals surface area contributed by atoms with Crippen molar-refractivity contribution in [3.05, 3.63) is 23.5 Å². The molecule has 124 valence electrons. The average molecular weight is 359 g/mol. The van der Waals surface area contributed by atoms with E-state index in [0.717, 1.165) is 4.31 Å². The van der Waals surface area contributed by atoms with Gasteiger partial charge in [0.05, 0.1) is 18.7 Å². The van der Waals surface area contributed by atoms with Crippen molar-refractivity contribution in [2.24, 2.45) is 0 Å². The molecule has 0 aromatic carbocycles. The Morgan fingerprint density at radius 3 is 2.82 bits per heavy atom. The van der Waals surface area contributed by atoms with E-state index in [4.69, 9.17) is 16.3 Å². The Morgan fingerprint density at radius 2 is 2.18 bits per heavy atom. The molecule has 1 atom stereocenters. The van der Waals surface area contributed by atoms with Gasteiger partial charge in [-0.25, -0.2) is 8.42 Å². The molecule has 0 bridgehead atoms. The second-order valence-electron chi connectivity index (χ2n) is 4.87. The monoisotopic (exact) mass is 358 g/mol. The third kappa shape index (κ3) is 4.72. The third-order valence-electron chi connectivity index (χ3n) is 3.17. The van der Waals surface area contributed by atoms with Gasteiger partial charge in [-0.1, -0.05) is 11.6 Å². The zero-order chi connectivity index (χ0) is 16.4. The Hall–Kier alpha value is -1.06.